The Morgan fingerprint density at radius 1 is 1.60 bits per heavy atom. The smallest absolute Gasteiger partial charge is 0.243 e. The van der Waals surface area contributed by atoms with Crippen molar-refractivity contribution in [1.82, 2.24) is 15.5 Å². The molecule has 1 fully saturated rings. The van der Waals surface area contributed by atoms with E-state index in [-0.39, 0.29) is 6.04 Å². The Balaban J connectivity index is 1.91. The average molecular weight is 210 g/mol. The zero-order valence-electron chi connectivity index (χ0n) is 9.07. The van der Waals surface area contributed by atoms with Gasteiger partial charge in [0.05, 0.1) is 6.04 Å². The summed E-state index contributed by atoms with van der Waals surface area (Å²) in [5.74, 6) is 1.29. The fourth-order valence-corrected chi connectivity index (χ4v) is 1.85. The van der Waals surface area contributed by atoms with Gasteiger partial charge in [-0.1, -0.05) is 11.6 Å². The number of aromatic nitrogens is 2. The van der Waals surface area contributed by atoms with E-state index in [2.05, 4.69) is 15.5 Å². The zero-order chi connectivity index (χ0) is 10.7. The van der Waals surface area contributed by atoms with Crippen LogP contribution in [0.3, 0.4) is 0 Å². The van der Waals surface area contributed by atoms with Crippen molar-refractivity contribution < 1.29 is 4.52 Å². The summed E-state index contributed by atoms with van der Waals surface area (Å²) in [5, 5.41) is 7.38. The van der Waals surface area contributed by atoms with Crippen molar-refractivity contribution in [3.8, 4) is 0 Å². The number of nitrogens with one attached hydrogen (secondary N) is 1. The minimum absolute atomic E-state index is 0.175. The van der Waals surface area contributed by atoms with E-state index >= 15 is 0 Å². The molecule has 0 aromatic carbocycles. The summed E-state index contributed by atoms with van der Waals surface area (Å²) in [6.07, 6.45) is 4.60. The third-order valence-electron chi connectivity index (χ3n) is 2.71. The molecule has 0 radical (unpaired) electrons. The summed E-state index contributed by atoms with van der Waals surface area (Å²) in [4.78, 5) is 4.26. The van der Waals surface area contributed by atoms with Crippen molar-refractivity contribution in [3.63, 3.8) is 0 Å². The molecule has 1 saturated heterocycles. The van der Waals surface area contributed by atoms with Gasteiger partial charge in [-0.15, -0.1) is 0 Å². The lowest BCUT2D eigenvalue weighted by molar-refractivity contribution is 0.349. The summed E-state index contributed by atoms with van der Waals surface area (Å²) in [5.41, 5.74) is 5.65. The summed E-state index contributed by atoms with van der Waals surface area (Å²) < 4.78 is 5.05. The second-order valence-electron chi connectivity index (χ2n) is 4.19. The summed E-state index contributed by atoms with van der Waals surface area (Å²) in [6, 6.07) is 0.322. The first-order valence-corrected chi connectivity index (χ1v) is 5.57. The van der Waals surface area contributed by atoms with Crippen LogP contribution in [0.25, 0.3) is 0 Å². The Morgan fingerprint density at radius 3 is 3.07 bits per heavy atom. The molecule has 1 aliphatic heterocycles. The monoisotopic (exact) mass is 210 g/mol. The SMILES string of the molecule is CC(N)c1nc(CC2CCCCN2)no1. The van der Waals surface area contributed by atoms with Gasteiger partial charge in [-0.05, 0) is 26.3 Å². The van der Waals surface area contributed by atoms with Crippen LogP contribution in [0, 0.1) is 0 Å². The van der Waals surface area contributed by atoms with E-state index in [4.69, 9.17) is 10.3 Å². The molecule has 5 nitrogen and oxygen atoms in total. The quantitative estimate of drug-likeness (QED) is 0.770. The molecule has 1 aromatic heterocycles. The summed E-state index contributed by atoms with van der Waals surface area (Å²) in [7, 11) is 0. The van der Waals surface area contributed by atoms with Gasteiger partial charge < -0.3 is 15.6 Å². The molecule has 0 spiro atoms. The largest absolute Gasteiger partial charge is 0.338 e. The second kappa shape index (κ2) is 4.72. The molecule has 1 aromatic rings. The predicted molar refractivity (Wildman–Crippen MR) is 56.2 cm³/mol. The number of nitrogens with two attached hydrogens (primary N) is 1. The molecule has 2 heterocycles. The number of piperidine rings is 1. The minimum Gasteiger partial charge on any atom is -0.338 e. The molecule has 0 amide bonds. The van der Waals surface area contributed by atoms with Gasteiger partial charge in [0.2, 0.25) is 5.89 Å². The Labute approximate surface area is 89.4 Å². The first-order valence-electron chi connectivity index (χ1n) is 5.57. The fraction of sp³-hybridized carbons (Fsp3) is 0.800. The van der Waals surface area contributed by atoms with Crippen molar-refractivity contribution in [1.29, 1.82) is 0 Å². The normalized spacial score (nSPS) is 24.0. The molecule has 0 bridgehead atoms. The molecule has 5 heteroatoms. The van der Waals surface area contributed by atoms with Gasteiger partial charge in [-0.3, -0.25) is 0 Å². The van der Waals surface area contributed by atoms with Crippen LogP contribution in [-0.2, 0) is 6.42 Å². The molecule has 2 rings (SSSR count). The van der Waals surface area contributed by atoms with Gasteiger partial charge >= 0.3 is 0 Å². The standard InChI is InChI=1S/C10H18N4O/c1-7(11)10-13-9(14-15-10)6-8-4-2-3-5-12-8/h7-8,12H,2-6,11H2,1H3. The second-order valence-corrected chi connectivity index (χ2v) is 4.19. The maximum absolute atomic E-state index is 5.65. The fourth-order valence-electron chi connectivity index (χ4n) is 1.85. The van der Waals surface area contributed by atoms with E-state index in [0.29, 0.717) is 11.9 Å². The lowest BCUT2D eigenvalue weighted by atomic mass is 10.0. The van der Waals surface area contributed by atoms with E-state index in [9.17, 15) is 0 Å². The van der Waals surface area contributed by atoms with Crippen molar-refractivity contribution >= 4 is 0 Å². The van der Waals surface area contributed by atoms with Crippen LogP contribution < -0.4 is 11.1 Å². The lowest BCUT2D eigenvalue weighted by Gasteiger charge is -2.21. The highest BCUT2D eigenvalue weighted by molar-refractivity contribution is 4.93. The number of rotatable bonds is 3. The Hall–Kier alpha value is -0.940. The van der Waals surface area contributed by atoms with Crippen molar-refractivity contribution in [2.45, 2.75) is 44.7 Å². The van der Waals surface area contributed by atoms with Crippen LogP contribution >= 0.6 is 0 Å². The van der Waals surface area contributed by atoms with Crippen molar-refractivity contribution in [3.05, 3.63) is 11.7 Å². The van der Waals surface area contributed by atoms with E-state index in [1.165, 1.54) is 19.3 Å². The Morgan fingerprint density at radius 2 is 2.47 bits per heavy atom. The highest BCUT2D eigenvalue weighted by Gasteiger charge is 2.17. The van der Waals surface area contributed by atoms with Gasteiger partial charge in [0, 0.05) is 12.5 Å². The first kappa shape index (κ1) is 10.6. The molecule has 3 N–H and O–H groups in total. The highest BCUT2D eigenvalue weighted by atomic mass is 16.5. The van der Waals surface area contributed by atoms with Crippen LogP contribution in [-0.4, -0.2) is 22.7 Å². The topological polar surface area (TPSA) is 77.0 Å². The lowest BCUT2D eigenvalue weighted by Crippen LogP contribution is -2.35. The number of nitrogens with zero attached hydrogens (tertiary/aromatic N) is 2. The molecular formula is C10H18N4O. The zero-order valence-corrected chi connectivity index (χ0v) is 9.07. The van der Waals surface area contributed by atoms with Gasteiger partial charge in [-0.2, -0.15) is 4.98 Å². The molecule has 0 saturated carbocycles. The van der Waals surface area contributed by atoms with Gasteiger partial charge in [0.15, 0.2) is 5.82 Å². The predicted octanol–water partition coefficient (Wildman–Crippen LogP) is 0.774. The van der Waals surface area contributed by atoms with Gasteiger partial charge in [0.1, 0.15) is 0 Å². The van der Waals surface area contributed by atoms with E-state index < -0.39 is 0 Å². The number of hydrogen-bond donors (Lipinski definition) is 2. The third-order valence-corrected chi connectivity index (χ3v) is 2.71. The molecular weight excluding hydrogens is 192 g/mol. The van der Waals surface area contributed by atoms with Gasteiger partial charge in [-0.25, -0.2) is 0 Å². The van der Waals surface area contributed by atoms with Crippen LogP contribution in [0.4, 0.5) is 0 Å². The van der Waals surface area contributed by atoms with Crippen LogP contribution in [0.15, 0.2) is 4.52 Å². The van der Waals surface area contributed by atoms with E-state index in [1.54, 1.807) is 0 Å². The molecule has 1 aliphatic rings. The van der Waals surface area contributed by atoms with Crippen molar-refractivity contribution in [2.24, 2.45) is 5.73 Å². The van der Waals surface area contributed by atoms with E-state index in [0.717, 1.165) is 18.8 Å². The molecule has 84 valence electrons. The van der Waals surface area contributed by atoms with E-state index in [1.807, 2.05) is 6.92 Å². The average Bonchev–Trinajstić information content (AvgIpc) is 2.68. The summed E-state index contributed by atoms with van der Waals surface area (Å²) >= 11 is 0. The Bertz CT molecular complexity index is 304. The highest BCUT2D eigenvalue weighted by Crippen LogP contribution is 2.12. The molecule has 2 atom stereocenters. The Kier molecular flexibility index (Phi) is 3.33. The van der Waals surface area contributed by atoms with Crippen LogP contribution in [0.1, 0.15) is 43.9 Å². The third kappa shape index (κ3) is 2.76. The molecule has 0 aliphatic carbocycles. The van der Waals surface area contributed by atoms with Crippen LogP contribution in [0.2, 0.25) is 0 Å². The molecule has 2 unspecified atom stereocenters. The maximum Gasteiger partial charge on any atom is 0.243 e. The maximum atomic E-state index is 5.65. The summed E-state index contributed by atoms with van der Waals surface area (Å²) in [6.45, 7) is 2.94. The molecule has 15 heavy (non-hydrogen) atoms. The first-order chi connectivity index (χ1) is 7.25. The van der Waals surface area contributed by atoms with Crippen molar-refractivity contribution in [2.75, 3.05) is 6.54 Å². The number of hydrogen-bond acceptors (Lipinski definition) is 5. The minimum atomic E-state index is -0.175. The van der Waals surface area contributed by atoms with Gasteiger partial charge in [0.25, 0.3) is 0 Å². The van der Waals surface area contributed by atoms with Crippen LogP contribution in [0.5, 0.6) is 0 Å².